The van der Waals surface area contributed by atoms with Gasteiger partial charge in [-0.3, -0.25) is 15.6 Å². The van der Waals surface area contributed by atoms with E-state index in [4.69, 9.17) is 0 Å². The summed E-state index contributed by atoms with van der Waals surface area (Å²) in [5.74, 6) is -1.88. The molecule has 140 valence electrons. The van der Waals surface area contributed by atoms with Crippen molar-refractivity contribution in [3.05, 3.63) is 42.2 Å². The minimum Gasteiger partial charge on any atom is -0.365 e. The first-order valence-electron chi connectivity index (χ1n) is 7.03. The molecule has 2 rings (SSSR count). The molecule has 3 N–H and O–H groups in total. The average Bonchev–Trinajstić information content (AvgIpc) is 3.04. The second-order valence-electron chi connectivity index (χ2n) is 5.24. The zero-order valence-corrected chi connectivity index (χ0v) is 16.7. The van der Waals surface area contributed by atoms with Crippen molar-refractivity contribution in [3.8, 4) is 0 Å². The lowest BCUT2D eigenvalue weighted by Crippen LogP contribution is -2.42. The Bertz CT molecular complexity index is 1040. The number of hydrazine groups is 1. The van der Waals surface area contributed by atoms with Gasteiger partial charge in [-0.25, -0.2) is 16.8 Å². The van der Waals surface area contributed by atoms with E-state index in [0.29, 0.717) is 0 Å². The first-order valence-corrected chi connectivity index (χ1v) is 11.0. The zero-order chi connectivity index (χ0) is 19.5. The summed E-state index contributed by atoms with van der Waals surface area (Å²) in [4.78, 5) is 13.2. The number of nitrogens with one attached hydrogen (secondary N) is 3. The van der Waals surface area contributed by atoms with Crippen LogP contribution in [0.1, 0.15) is 5.56 Å². The molecule has 1 aromatic carbocycles. The fourth-order valence-electron chi connectivity index (χ4n) is 2.04. The van der Waals surface area contributed by atoms with E-state index in [2.05, 4.69) is 40.7 Å². The van der Waals surface area contributed by atoms with Crippen LogP contribution in [0.4, 0.5) is 0 Å². The minimum atomic E-state index is -4.22. The van der Waals surface area contributed by atoms with Crippen LogP contribution in [0.3, 0.4) is 0 Å². The number of benzene rings is 1. The number of hydrogen-bond acceptors (Lipinski definition) is 6. The van der Waals surface area contributed by atoms with Crippen molar-refractivity contribution in [2.45, 2.75) is 21.6 Å². The quantitative estimate of drug-likeness (QED) is 0.312. The lowest BCUT2D eigenvalue weighted by atomic mass is 10.2. The van der Waals surface area contributed by atoms with Gasteiger partial charge in [-0.05, 0) is 19.1 Å². The molecular weight excluding hydrogens is 418 g/mol. The van der Waals surface area contributed by atoms with Crippen LogP contribution in [-0.4, -0.2) is 37.8 Å². The van der Waals surface area contributed by atoms with Crippen LogP contribution in [0.15, 0.2) is 51.3 Å². The van der Waals surface area contributed by atoms with Gasteiger partial charge in [0.15, 0.2) is 9.84 Å². The van der Waals surface area contributed by atoms with E-state index in [0.717, 1.165) is 18.0 Å². The zero-order valence-electron chi connectivity index (χ0n) is 13.4. The van der Waals surface area contributed by atoms with Gasteiger partial charge in [0.1, 0.15) is 19.9 Å². The maximum atomic E-state index is 12.7. The number of rotatable bonds is 5. The van der Waals surface area contributed by atoms with Gasteiger partial charge >= 0.3 is 0 Å². The fraction of sp³-hybridized carbons (Fsp3) is 0.143. The van der Waals surface area contributed by atoms with E-state index in [1.165, 1.54) is 12.1 Å². The Morgan fingerprint density at radius 3 is 2.23 bits per heavy atom. The van der Waals surface area contributed by atoms with E-state index in [1.54, 1.807) is 19.1 Å². The SMILES string of the molecule is Cc1ccc(S(=O)(=O)c2c[nH]cc2S(=O)(=O)CC(=O)NNC(=S)S)cc1. The molecule has 26 heavy (non-hydrogen) atoms. The first-order chi connectivity index (χ1) is 12.0. The number of aryl methyl sites for hydroxylation is 1. The van der Waals surface area contributed by atoms with E-state index in [9.17, 15) is 21.6 Å². The molecule has 0 bridgehead atoms. The van der Waals surface area contributed by atoms with Crippen LogP contribution >= 0.6 is 24.8 Å². The molecule has 0 unspecified atom stereocenters. The summed E-state index contributed by atoms with van der Waals surface area (Å²) < 4.78 is 50.4. The van der Waals surface area contributed by atoms with Crippen molar-refractivity contribution in [2.24, 2.45) is 0 Å². The molecule has 0 atom stereocenters. The third-order valence-electron chi connectivity index (χ3n) is 3.26. The molecule has 0 radical (unpaired) electrons. The summed E-state index contributed by atoms with van der Waals surface area (Å²) >= 11 is 8.29. The van der Waals surface area contributed by atoms with Gasteiger partial charge in [-0.2, -0.15) is 0 Å². The Morgan fingerprint density at radius 1 is 1.08 bits per heavy atom. The molecule has 8 nitrogen and oxygen atoms in total. The van der Waals surface area contributed by atoms with Gasteiger partial charge in [0, 0.05) is 12.4 Å². The van der Waals surface area contributed by atoms with Crippen molar-refractivity contribution in [1.82, 2.24) is 15.8 Å². The summed E-state index contributed by atoms with van der Waals surface area (Å²) in [6.07, 6.45) is 2.10. The molecule has 0 aliphatic carbocycles. The highest BCUT2D eigenvalue weighted by molar-refractivity contribution is 8.11. The first kappa shape index (κ1) is 20.4. The molecule has 1 aromatic heterocycles. The molecule has 0 fully saturated rings. The standard InChI is InChI=1S/C14H15N3O5S4/c1-9-2-4-10(5-3-9)26(21,22)12-7-15-6-11(12)25(19,20)8-13(18)16-17-14(23)24/h2-7,15H,8H2,1H3,(H,16,18)(H2,17,23,24). The Labute approximate surface area is 161 Å². The number of aromatic amines is 1. The Hall–Kier alpha value is -1.89. The van der Waals surface area contributed by atoms with Gasteiger partial charge in [0.2, 0.25) is 9.84 Å². The van der Waals surface area contributed by atoms with Crippen LogP contribution in [0, 0.1) is 6.92 Å². The molecule has 1 amide bonds. The van der Waals surface area contributed by atoms with Crippen molar-refractivity contribution in [1.29, 1.82) is 0 Å². The van der Waals surface area contributed by atoms with Gasteiger partial charge in [0.05, 0.1) is 4.90 Å². The highest BCUT2D eigenvalue weighted by atomic mass is 32.2. The third-order valence-corrected chi connectivity index (χ3v) is 7.06. The number of H-pyrrole nitrogens is 1. The van der Waals surface area contributed by atoms with Crippen LogP contribution in [-0.2, 0) is 24.5 Å². The molecule has 2 aromatic rings. The maximum absolute atomic E-state index is 12.7. The van der Waals surface area contributed by atoms with Crippen molar-refractivity contribution < 1.29 is 21.6 Å². The third kappa shape index (κ3) is 4.63. The van der Waals surface area contributed by atoms with E-state index < -0.39 is 41.1 Å². The van der Waals surface area contributed by atoms with Gasteiger partial charge in [-0.1, -0.05) is 29.9 Å². The van der Waals surface area contributed by atoms with Gasteiger partial charge in [-0.15, -0.1) is 12.6 Å². The topological polar surface area (TPSA) is 125 Å². The highest BCUT2D eigenvalue weighted by Gasteiger charge is 2.30. The molecule has 0 aliphatic rings. The largest absolute Gasteiger partial charge is 0.365 e. The predicted molar refractivity (Wildman–Crippen MR) is 102 cm³/mol. The smallest absolute Gasteiger partial charge is 0.253 e. The predicted octanol–water partition coefficient (Wildman–Crippen LogP) is 0.765. The highest BCUT2D eigenvalue weighted by Crippen LogP contribution is 2.27. The lowest BCUT2D eigenvalue weighted by molar-refractivity contribution is -0.119. The number of amides is 1. The van der Waals surface area contributed by atoms with Crippen LogP contribution in [0.25, 0.3) is 0 Å². The summed E-state index contributed by atoms with van der Waals surface area (Å²) in [6.45, 7) is 1.80. The number of hydrogen-bond donors (Lipinski definition) is 4. The lowest BCUT2D eigenvalue weighted by Gasteiger charge is -2.09. The number of sulfone groups is 2. The number of carbonyl (C=O) groups is 1. The van der Waals surface area contributed by atoms with E-state index >= 15 is 0 Å². The van der Waals surface area contributed by atoms with Crippen LogP contribution < -0.4 is 10.9 Å². The average molecular weight is 434 g/mol. The maximum Gasteiger partial charge on any atom is 0.253 e. The van der Waals surface area contributed by atoms with Crippen LogP contribution in [0.2, 0.25) is 0 Å². The second-order valence-corrected chi connectivity index (χ2v) is 10.3. The molecule has 0 aliphatic heterocycles. The number of aromatic nitrogens is 1. The molecule has 0 saturated carbocycles. The van der Waals surface area contributed by atoms with Crippen molar-refractivity contribution in [2.75, 3.05) is 5.75 Å². The summed E-state index contributed by atoms with van der Waals surface area (Å²) in [5, 5.41) is 0. The summed E-state index contributed by atoms with van der Waals surface area (Å²) in [6, 6.07) is 5.98. The van der Waals surface area contributed by atoms with Crippen LogP contribution in [0.5, 0.6) is 0 Å². The second kappa shape index (κ2) is 7.78. The minimum absolute atomic E-state index is 0.0503. The van der Waals surface area contributed by atoms with E-state index in [-0.39, 0.29) is 9.22 Å². The van der Waals surface area contributed by atoms with Crippen molar-refractivity contribution in [3.63, 3.8) is 0 Å². The monoisotopic (exact) mass is 433 g/mol. The molecular formula is C14H15N3O5S4. The molecule has 1 heterocycles. The van der Waals surface area contributed by atoms with E-state index in [1.807, 2.05) is 0 Å². The number of thiol groups is 1. The Morgan fingerprint density at radius 2 is 1.65 bits per heavy atom. The number of thiocarbonyl (C=S) groups is 1. The summed E-state index contributed by atoms with van der Waals surface area (Å²) in [5.41, 5.74) is 5.10. The molecule has 0 spiro atoms. The Balaban J connectivity index is 2.36. The fourth-order valence-corrected chi connectivity index (χ4v) is 5.34. The van der Waals surface area contributed by atoms with Crippen molar-refractivity contribution >= 4 is 54.7 Å². The van der Waals surface area contributed by atoms with Gasteiger partial charge in [0.25, 0.3) is 5.91 Å². The van der Waals surface area contributed by atoms with Gasteiger partial charge < -0.3 is 4.98 Å². The molecule has 12 heteroatoms. The Kier molecular flexibility index (Phi) is 6.11. The molecule has 0 saturated heterocycles. The number of carbonyl (C=O) groups excluding carboxylic acids is 1. The summed E-state index contributed by atoms with van der Waals surface area (Å²) in [7, 11) is -8.30. The normalized spacial score (nSPS) is 11.8.